The van der Waals surface area contributed by atoms with Gasteiger partial charge in [-0.05, 0) is 52.0 Å². The molecule has 0 fully saturated rings. The summed E-state index contributed by atoms with van der Waals surface area (Å²) in [6, 6.07) is 6.97. The highest BCUT2D eigenvalue weighted by molar-refractivity contribution is 7.80. The molecule has 0 aliphatic rings. The van der Waals surface area contributed by atoms with Gasteiger partial charge in [0.25, 0.3) is 0 Å². The van der Waals surface area contributed by atoms with Crippen LogP contribution in [0.5, 0.6) is 5.75 Å². The van der Waals surface area contributed by atoms with E-state index in [0.717, 1.165) is 0 Å². The fraction of sp³-hybridized carbons (Fsp3) is 0.400. The molecule has 3 N–H and O–H groups in total. The summed E-state index contributed by atoms with van der Waals surface area (Å²) >= 11 is 5.24. The van der Waals surface area contributed by atoms with Crippen LogP contribution in [-0.4, -0.2) is 35.7 Å². The van der Waals surface area contributed by atoms with E-state index in [4.69, 9.17) is 26.0 Å². The first kappa shape index (κ1) is 23.3. The van der Waals surface area contributed by atoms with Gasteiger partial charge in [-0.3, -0.25) is 4.79 Å². The lowest BCUT2D eigenvalue weighted by Gasteiger charge is -2.17. The van der Waals surface area contributed by atoms with Crippen molar-refractivity contribution in [3.8, 4) is 5.75 Å². The van der Waals surface area contributed by atoms with Gasteiger partial charge < -0.3 is 29.4 Å². The smallest absolute Gasteiger partial charge is 0.211 e. The normalized spacial score (nSPS) is 11.1. The van der Waals surface area contributed by atoms with E-state index in [1.54, 1.807) is 18.2 Å². The Morgan fingerprint density at radius 3 is 2.55 bits per heavy atom. The molecule has 158 valence electrons. The molecule has 9 heteroatoms. The number of ether oxygens (including phenoxy) is 1. The van der Waals surface area contributed by atoms with Gasteiger partial charge in [-0.15, -0.1) is 0 Å². The zero-order valence-electron chi connectivity index (χ0n) is 17.2. The Bertz CT molecular complexity index is 910. The summed E-state index contributed by atoms with van der Waals surface area (Å²) in [5, 5.41) is 7.09. The molecule has 0 saturated carbocycles. The van der Waals surface area contributed by atoms with Crippen LogP contribution in [0.15, 0.2) is 35.6 Å². The Morgan fingerprint density at radius 2 is 1.93 bits per heavy atom. The number of thiocarbonyl (C=S) groups is 1. The van der Waals surface area contributed by atoms with E-state index in [1.165, 1.54) is 6.07 Å². The highest BCUT2D eigenvalue weighted by Gasteiger charge is 2.12. The van der Waals surface area contributed by atoms with Gasteiger partial charge in [-0.25, -0.2) is 0 Å². The van der Waals surface area contributed by atoms with Gasteiger partial charge in [-0.1, -0.05) is 6.58 Å². The molecule has 2 aromatic rings. The van der Waals surface area contributed by atoms with Crippen LogP contribution in [0.3, 0.4) is 0 Å². The van der Waals surface area contributed by atoms with Gasteiger partial charge in [0, 0.05) is 23.6 Å². The number of rotatable bonds is 10. The van der Waals surface area contributed by atoms with Gasteiger partial charge >= 0.3 is 0 Å². The minimum atomic E-state index is -1.11. The van der Waals surface area contributed by atoms with Crippen LogP contribution in [0.4, 0.5) is 0 Å². The second-order valence-corrected chi connectivity index (χ2v) is 8.28. The third-order valence-electron chi connectivity index (χ3n) is 3.69. The van der Waals surface area contributed by atoms with Crippen LogP contribution in [0.1, 0.15) is 33.4 Å². The number of H-pyrrole nitrogens is 1. The van der Waals surface area contributed by atoms with Crippen LogP contribution >= 0.6 is 20.6 Å². The van der Waals surface area contributed by atoms with Crippen molar-refractivity contribution in [1.82, 2.24) is 15.6 Å². The molecule has 0 unspecified atom stereocenters. The summed E-state index contributed by atoms with van der Waals surface area (Å²) < 4.78 is 16.9. The number of aromatic nitrogens is 1. The summed E-state index contributed by atoms with van der Waals surface area (Å²) in [5.74, 6) is 0.618. The standard InChI is InChI=1S/C20H28N3O4PS/c1-6-26-28(27-7-2)12-25-15-8-9-16-18(10-15)23-17(11-19(16)24)14(5)22-20(29)21-13(3)4/h8-11,13H,5-7,12H2,1-4H3,(H,23,24)(H2,21,22,29). The molecule has 0 saturated heterocycles. The van der Waals surface area contributed by atoms with E-state index in [9.17, 15) is 4.79 Å². The molecule has 0 amide bonds. The molecule has 0 radical (unpaired) electrons. The molecule has 1 aromatic carbocycles. The van der Waals surface area contributed by atoms with Crippen molar-refractivity contribution in [3.63, 3.8) is 0 Å². The van der Waals surface area contributed by atoms with Gasteiger partial charge in [0.15, 0.2) is 16.9 Å². The average molecular weight is 438 g/mol. The van der Waals surface area contributed by atoms with E-state index in [0.29, 0.717) is 52.7 Å². The Balaban J connectivity index is 2.19. The van der Waals surface area contributed by atoms with Gasteiger partial charge in [-0.2, -0.15) is 0 Å². The van der Waals surface area contributed by atoms with E-state index in [2.05, 4.69) is 22.2 Å². The van der Waals surface area contributed by atoms with Crippen molar-refractivity contribution >= 4 is 42.3 Å². The second-order valence-electron chi connectivity index (χ2n) is 6.43. The topological polar surface area (TPSA) is 84.6 Å². The van der Waals surface area contributed by atoms with Gasteiger partial charge in [0.1, 0.15) is 5.75 Å². The molecule has 1 heterocycles. The molecule has 0 aliphatic heterocycles. The Hall–Kier alpha value is -1.99. The maximum Gasteiger partial charge on any atom is 0.211 e. The Kier molecular flexibility index (Phi) is 9.04. The molecule has 0 bridgehead atoms. The van der Waals surface area contributed by atoms with Crippen LogP contribution in [0, 0.1) is 0 Å². The highest BCUT2D eigenvalue weighted by Crippen LogP contribution is 2.38. The van der Waals surface area contributed by atoms with E-state index in [-0.39, 0.29) is 11.5 Å². The zero-order valence-corrected chi connectivity index (χ0v) is 18.9. The SMILES string of the molecule is C=C(NC(=S)NC(C)C)c1cc(=O)c2ccc(OCP(OCC)OCC)cc2[nH]1. The summed E-state index contributed by atoms with van der Waals surface area (Å²) in [4.78, 5) is 15.7. The van der Waals surface area contributed by atoms with Crippen molar-refractivity contribution < 1.29 is 13.8 Å². The molecule has 0 aliphatic carbocycles. The lowest BCUT2D eigenvalue weighted by Crippen LogP contribution is -2.38. The summed E-state index contributed by atoms with van der Waals surface area (Å²) in [6.07, 6.45) is 0.315. The van der Waals surface area contributed by atoms with Gasteiger partial charge in [0.05, 0.1) is 30.1 Å². The molecule has 2 rings (SSSR count). The third-order valence-corrected chi connectivity index (χ3v) is 5.35. The first-order valence-corrected chi connectivity index (χ1v) is 11.2. The monoisotopic (exact) mass is 437 g/mol. The number of nitrogens with one attached hydrogen (secondary N) is 3. The number of fused-ring (bicyclic) bond motifs is 1. The number of aromatic amines is 1. The molecular formula is C20H28N3O4PS. The molecule has 0 atom stereocenters. The first-order chi connectivity index (χ1) is 13.8. The molecule has 1 aromatic heterocycles. The molecular weight excluding hydrogens is 409 g/mol. The number of hydrogen-bond donors (Lipinski definition) is 3. The fourth-order valence-corrected chi connectivity index (χ4v) is 3.93. The lowest BCUT2D eigenvalue weighted by molar-refractivity contribution is 0.243. The molecule has 29 heavy (non-hydrogen) atoms. The Morgan fingerprint density at radius 1 is 1.24 bits per heavy atom. The van der Waals surface area contributed by atoms with Crippen LogP contribution in [0.25, 0.3) is 16.6 Å². The highest BCUT2D eigenvalue weighted by atomic mass is 32.1. The quantitative estimate of drug-likeness (QED) is 0.381. The predicted octanol–water partition coefficient (Wildman–Crippen LogP) is 4.09. The fourth-order valence-electron chi connectivity index (χ4n) is 2.51. The van der Waals surface area contributed by atoms with Crippen LogP contribution in [0.2, 0.25) is 0 Å². The van der Waals surface area contributed by atoms with Crippen molar-refractivity contribution in [3.05, 3.63) is 46.8 Å². The summed E-state index contributed by atoms with van der Waals surface area (Å²) in [7, 11) is -1.11. The largest absolute Gasteiger partial charge is 0.484 e. The predicted molar refractivity (Wildman–Crippen MR) is 123 cm³/mol. The molecule has 7 nitrogen and oxygen atoms in total. The lowest BCUT2D eigenvalue weighted by atomic mass is 10.1. The van der Waals surface area contributed by atoms with Gasteiger partial charge in [0.2, 0.25) is 8.38 Å². The summed E-state index contributed by atoms with van der Waals surface area (Å²) in [6.45, 7) is 12.9. The minimum Gasteiger partial charge on any atom is -0.484 e. The van der Waals surface area contributed by atoms with E-state index in [1.807, 2.05) is 27.7 Å². The average Bonchev–Trinajstić information content (AvgIpc) is 2.65. The Labute approximate surface area is 177 Å². The van der Waals surface area contributed by atoms with E-state index < -0.39 is 8.38 Å². The van der Waals surface area contributed by atoms with Crippen LogP contribution < -0.4 is 20.8 Å². The van der Waals surface area contributed by atoms with Crippen molar-refractivity contribution in [2.24, 2.45) is 0 Å². The maximum absolute atomic E-state index is 12.5. The number of hydrogen-bond acceptors (Lipinski definition) is 5. The van der Waals surface area contributed by atoms with Crippen molar-refractivity contribution in [1.29, 1.82) is 0 Å². The first-order valence-electron chi connectivity index (χ1n) is 9.44. The maximum atomic E-state index is 12.5. The minimum absolute atomic E-state index is 0.114. The van der Waals surface area contributed by atoms with Crippen molar-refractivity contribution in [2.45, 2.75) is 33.7 Å². The van der Waals surface area contributed by atoms with Crippen LogP contribution in [-0.2, 0) is 9.05 Å². The number of benzene rings is 1. The number of pyridine rings is 1. The third kappa shape index (κ3) is 7.08. The van der Waals surface area contributed by atoms with Crippen molar-refractivity contribution in [2.75, 3.05) is 19.6 Å². The van der Waals surface area contributed by atoms with E-state index >= 15 is 0 Å². The zero-order chi connectivity index (χ0) is 21.4. The second kappa shape index (κ2) is 11.3. The summed E-state index contributed by atoms with van der Waals surface area (Å²) in [5.41, 5.74) is 1.59. The molecule has 0 spiro atoms.